The first-order chi connectivity index (χ1) is 8.70. The van der Waals surface area contributed by atoms with Gasteiger partial charge in [0.2, 0.25) is 0 Å². The molecule has 1 saturated carbocycles. The smallest absolute Gasteiger partial charge is 0.123 e. The summed E-state index contributed by atoms with van der Waals surface area (Å²) in [6, 6.07) is 6.65. The highest BCUT2D eigenvalue weighted by atomic mass is 19.1. The first-order valence-corrected chi connectivity index (χ1v) is 6.89. The summed E-state index contributed by atoms with van der Waals surface area (Å²) in [5.74, 6) is 0.250. The van der Waals surface area contributed by atoms with Crippen LogP contribution in [0.1, 0.15) is 32.6 Å². The maximum absolute atomic E-state index is 12.9. The number of rotatable bonds is 5. The molecule has 0 heterocycles. The number of anilines is 1. The standard InChI is InChI=1S/C15H22FNO/c1-2-17(14-8-6-13(16)7-9-14)11-10-12-4-3-5-15(12)18/h6-9,12,15,18H,2-5,10-11H2,1H3. The van der Waals surface area contributed by atoms with Crippen LogP contribution in [0.4, 0.5) is 10.1 Å². The van der Waals surface area contributed by atoms with Gasteiger partial charge in [-0.05, 0) is 56.4 Å². The first-order valence-electron chi connectivity index (χ1n) is 6.89. The third-order valence-electron chi connectivity index (χ3n) is 3.96. The quantitative estimate of drug-likeness (QED) is 0.868. The van der Waals surface area contributed by atoms with Crippen molar-refractivity contribution in [2.24, 2.45) is 5.92 Å². The second kappa shape index (κ2) is 6.19. The molecule has 0 amide bonds. The van der Waals surface area contributed by atoms with E-state index in [1.807, 2.05) is 12.1 Å². The van der Waals surface area contributed by atoms with Gasteiger partial charge in [0.25, 0.3) is 0 Å². The lowest BCUT2D eigenvalue weighted by atomic mass is 10.0. The van der Waals surface area contributed by atoms with Gasteiger partial charge < -0.3 is 10.0 Å². The van der Waals surface area contributed by atoms with Crippen molar-refractivity contribution < 1.29 is 9.50 Å². The molecule has 1 aliphatic rings. The molecule has 1 aromatic rings. The average molecular weight is 251 g/mol. The molecule has 0 aliphatic heterocycles. The summed E-state index contributed by atoms with van der Waals surface area (Å²) >= 11 is 0. The van der Waals surface area contributed by atoms with E-state index in [1.54, 1.807) is 0 Å². The molecule has 18 heavy (non-hydrogen) atoms. The fourth-order valence-electron chi connectivity index (χ4n) is 2.80. The molecule has 0 radical (unpaired) electrons. The van der Waals surface area contributed by atoms with Crippen LogP contribution in [0.2, 0.25) is 0 Å². The van der Waals surface area contributed by atoms with Gasteiger partial charge in [0.15, 0.2) is 0 Å². The molecule has 1 N–H and O–H groups in total. The molecular formula is C15H22FNO. The van der Waals surface area contributed by atoms with Gasteiger partial charge in [-0.15, -0.1) is 0 Å². The third-order valence-corrected chi connectivity index (χ3v) is 3.96. The van der Waals surface area contributed by atoms with E-state index in [4.69, 9.17) is 0 Å². The molecular weight excluding hydrogens is 229 g/mol. The fraction of sp³-hybridized carbons (Fsp3) is 0.600. The van der Waals surface area contributed by atoms with Crippen molar-refractivity contribution in [3.05, 3.63) is 30.1 Å². The van der Waals surface area contributed by atoms with Crippen LogP contribution in [0, 0.1) is 11.7 Å². The molecule has 0 bridgehead atoms. The van der Waals surface area contributed by atoms with Crippen LogP contribution in [0.25, 0.3) is 0 Å². The van der Waals surface area contributed by atoms with Crippen LogP contribution in [-0.4, -0.2) is 24.3 Å². The summed E-state index contributed by atoms with van der Waals surface area (Å²) in [7, 11) is 0. The largest absolute Gasteiger partial charge is 0.393 e. The lowest BCUT2D eigenvalue weighted by Crippen LogP contribution is -2.27. The van der Waals surface area contributed by atoms with Crippen LogP contribution in [-0.2, 0) is 0 Å². The van der Waals surface area contributed by atoms with Crippen LogP contribution in [0.3, 0.4) is 0 Å². The molecule has 2 atom stereocenters. The second-order valence-electron chi connectivity index (χ2n) is 5.10. The number of hydrogen-bond donors (Lipinski definition) is 1. The summed E-state index contributed by atoms with van der Waals surface area (Å²) in [4.78, 5) is 2.24. The summed E-state index contributed by atoms with van der Waals surface area (Å²) < 4.78 is 12.9. The maximum atomic E-state index is 12.9. The highest BCUT2D eigenvalue weighted by Gasteiger charge is 2.25. The van der Waals surface area contributed by atoms with E-state index in [0.29, 0.717) is 5.92 Å². The van der Waals surface area contributed by atoms with Crippen molar-refractivity contribution in [3.63, 3.8) is 0 Å². The second-order valence-corrected chi connectivity index (χ2v) is 5.10. The molecule has 0 saturated heterocycles. The van der Waals surface area contributed by atoms with Crippen LogP contribution in [0.5, 0.6) is 0 Å². The van der Waals surface area contributed by atoms with E-state index in [0.717, 1.165) is 44.5 Å². The van der Waals surface area contributed by atoms with Gasteiger partial charge in [0.05, 0.1) is 6.10 Å². The number of benzene rings is 1. The van der Waals surface area contributed by atoms with E-state index < -0.39 is 0 Å². The Morgan fingerprint density at radius 1 is 1.28 bits per heavy atom. The van der Waals surface area contributed by atoms with E-state index >= 15 is 0 Å². The van der Waals surface area contributed by atoms with Gasteiger partial charge in [0.1, 0.15) is 5.82 Å². The van der Waals surface area contributed by atoms with Crippen molar-refractivity contribution in [3.8, 4) is 0 Å². The van der Waals surface area contributed by atoms with Crippen molar-refractivity contribution in [2.75, 3.05) is 18.0 Å². The number of nitrogens with zero attached hydrogens (tertiary/aromatic N) is 1. The Labute approximate surface area is 108 Å². The summed E-state index contributed by atoms with van der Waals surface area (Å²) in [5.41, 5.74) is 1.06. The minimum atomic E-state index is -0.194. The van der Waals surface area contributed by atoms with Gasteiger partial charge in [-0.1, -0.05) is 6.42 Å². The third kappa shape index (κ3) is 3.22. The molecule has 100 valence electrons. The maximum Gasteiger partial charge on any atom is 0.123 e. The topological polar surface area (TPSA) is 23.5 Å². The minimum absolute atomic E-state index is 0.114. The van der Waals surface area contributed by atoms with Crippen LogP contribution < -0.4 is 4.90 Å². The zero-order chi connectivity index (χ0) is 13.0. The normalized spacial score (nSPS) is 23.3. The summed E-state index contributed by atoms with van der Waals surface area (Å²) in [6.45, 7) is 3.95. The van der Waals surface area contributed by atoms with Crippen molar-refractivity contribution in [1.82, 2.24) is 0 Å². The summed E-state index contributed by atoms with van der Waals surface area (Å²) in [5, 5.41) is 9.81. The first kappa shape index (κ1) is 13.3. The van der Waals surface area contributed by atoms with Gasteiger partial charge >= 0.3 is 0 Å². The molecule has 0 aromatic heterocycles. The van der Waals surface area contributed by atoms with Gasteiger partial charge in [-0.25, -0.2) is 4.39 Å². The molecule has 3 heteroatoms. The molecule has 0 spiro atoms. The molecule has 1 aromatic carbocycles. The van der Waals surface area contributed by atoms with Crippen LogP contribution in [0.15, 0.2) is 24.3 Å². The lowest BCUT2D eigenvalue weighted by Gasteiger charge is -2.25. The van der Waals surface area contributed by atoms with Gasteiger partial charge in [0, 0.05) is 18.8 Å². The summed E-state index contributed by atoms with van der Waals surface area (Å²) in [6.07, 6.45) is 4.15. The number of halogens is 1. The van der Waals surface area contributed by atoms with Crippen molar-refractivity contribution in [1.29, 1.82) is 0 Å². The monoisotopic (exact) mass is 251 g/mol. The van der Waals surface area contributed by atoms with Crippen molar-refractivity contribution >= 4 is 5.69 Å². The van der Waals surface area contributed by atoms with Gasteiger partial charge in [-0.3, -0.25) is 0 Å². The molecule has 2 nitrogen and oxygen atoms in total. The average Bonchev–Trinajstić information content (AvgIpc) is 2.78. The van der Waals surface area contributed by atoms with E-state index in [1.165, 1.54) is 12.1 Å². The Morgan fingerprint density at radius 3 is 2.56 bits per heavy atom. The zero-order valence-electron chi connectivity index (χ0n) is 11.0. The fourth-order valence-corrected chi connectivity index (χ4v) is 2.80. The molecule has 1 fully saturated rings. The van der Waals surface area contributed by atoms with Crippen LogP contribution >= 0.6 is 0 Å². The Balaban J connectivity index is 1.91. The predicted molar refractivity (Wildman–Crippen MR) is 72.3 cm³/mol. The highest BCUT2D eigenvalue weighted by Crippen LogP contribution is 2.29. The Kier molecular flexibility index (Phi) is 4.59. The molecule has 2 rings (SSSR count). The van der Waals surface area contributed by atoms with E-state index in [-0.39, 0.29) is 11.9 Å². The Morgan fingerprint density at radius 2 is 2.00 bits per heavy atom. The number of aliphatic hydroxyl groups is 1. The SMILES string of the molecule is CCN(CCC1CCCC1O)c1ccc(F)cc1. The Hall–Kier alpha value is -1.09. The number of hydrogen-bond acceptors (Lipinski definition) is 2. The highest BCUT2D eigenvalue weighted by molar-refractivity contribution is 5.45. The lowest BCUT2D eigenvalue weighted by molar-refractivity contribution is 0.129. The predicted octanol–water partition coefficient (Wildman–Crippen LogP) is 3.20. The Bertz CT molecular complexity index is 365. The zero-order valence-corrected chi connectivity index (χ0v) is 11.0. The van der Waals surface area contributed by atoms with Gasteiger partial charge in [-0.2, -0.15) is 0 Å². The molecule has 2 unspecified atom stereocenters. The molecule has 1 aliphatic carbocycles. The number of aliphatic hydroxyl groups excluding tert-OH is 1. The van der Waals surface area contributed by atoms with E-state index in [2.05, 4.69) is 11.8 Å². The minimum Gasteiger partial charge on any atom is -0.393 e. The van der Waals surface area contributed by atoms with Crippen molar-refractivity contribution in [2.45, 2.75) is 38.7 Å². The van der Waals surface area contributed by atoms with E-state index in [9.17, 15) is 9.50 Å².